The number of benzene rings is 2. The fourth-order valence-electron chi connectivity index (χ4n) is 3.98. The molecule has 0 unspecified atom stereocenters. The fraction of sp³-hybridized carbons (Fsp3) is 0.320. The van der Waals surface area contributed by atoms with Gasteiger partial charge >= 0.3 is 0 Å². The van der Waals surface area contributed by atoms with Gasteiger partial charge < -0.3 is 10.2 Å². The molecular weight excluding hydrogens is 408 g/mol. The van der Waals surface area contributed by atoms with Crippen LogP contribution < -0.4 is 10.2 Å². The Labute approximate surface area is 188 Å². The van der Waals surface area contributed by atoms with Gasteiger partial charge in [-0.25, -0.2) is 9.97 Å². The fourth-order valence-corrected chi connectivity index (χ4v) is 4.10. The summed E-state index contributed by atoms with van der Waals surface area (Å²) in [6.07, 6.45) is 4.10. The van der Waals surface area contributed by atoms with Gasteiger partial charge in [-0.05, 0) is 49.9 Å². The number of anilines is 1. The van der Waals surface area contributed by atoms with Crippen molar-refractivity contribution in [1.82, 2.24) is 15.3 Å². The zero-order valence-corrected chi connectivity index (χ0v) is 18.5. The molecule has 1 saturated heterocycles. The van der Waals surface area contributed by atoms with Crippen LogP contribution in [0.15, 0.2) is 60.9 Å². The van der Waals surface area contributed by atoms with Crippen LogP contribution in [0.4, 0.5) is 5.82 Å². The Balaban J connectivity index is 1.29. The first kappa shape index (κ1) is 21.3. The number of rotatable bonds is 6. The normalized spacial score (nSPS) is 14.5. The molecule has 160 valence electrons. The average molecular weight is 435 g/mol. The minimum Gasteiger partial charge on any atom is -0.356 e. The zero-order valence-electron chi connectivity index (χ0n) is 17.7. The highest BCUT2D eigenvalue weighted by molar-refractivity contribution is 6.30. The third-order valence-corrected chi connectivity index (χ3v) is 6.03. The molecule has 6 heteroatoms. The highest BCUT2D eigenvalue weighted by Gasteiger charge is 2.25. The number of piperidine rings is 1. The van der Waals surface area contributed by atoms with E-state index in [1.807, 2.05) is 36.4 Å². The van der Waals surface area contributed by atoms with Gasteiger partial charge in [0.1, 0.15) is 12.1 Å². The van der Waals surface area contributed by atoms with E-state index in [1.165, 1.54) is 11.1 Å². The smallest absolute Gasteiger partial charge is 0.223 e. The van der Waals surface area contributed by atoms with Crippen molar-refractivity contribution < 1.29 is 4.79 Å². The second kappa shape index (κ2) is 9.92. The van der Waals surface area contributed by atoms with Crippen LogP contribution >= 0.6 is 11.6 Å². The van der Waals surface area contributed by atoms with E-state index in [0.717, 1.165) is 54.4 Å². The number of hydrogen-bond acceptors (Lipinski definition) is 4. The van der Waals surface area contributed by atoms with E-state index in [9.17, 15) is 4.79 Å². The first-order chi connectivity index (χ1) is 15.1. The number of aromatic nitrogens is 2. The third kappa shape index (κ3) is 5.61. The first-order valence-electron chi connectivity index (χ1n) is 10.7. The van der Waals surface area contributed by atoms with E-state index in [1.54, 1.807) is 6.33 Å². The first-order valence-corrected chi connectivity index (χ1v) is 11.1. The Bertz CT molecular complexity index is 1030. The monoisotopic (exact) mass is 434 g/mol. The van der Waals surface area contributed by atoms with Crippen molar-refractivity contribution in [2.24, 2.45) is 5.92 Å². The molecule has 31 heavy (non-hydrogen) atoms. The molecule has 1 N–H and O–H groups in total. The van der Waals surface area contributed by atoms with Gasteiger partial charge in [-0.3, -0.25) is 4.79 Å². The largest absolute Gasteiger partial charge is 0.356 e. The Morgan fingerprint density at radius 2 is 1.87 bits per heavy atom. The van der Waals surface area contributed by atoms with Crippen molar-refractivity contribution in [1.29, 1.82) is 0 Å². The Morgan fingerprint density at radius 3 is 2.61 bits per heavy atom. The Morgan fingerprint density at radius 1 is 1.10 bits per heavy atom. The van der Waals surface area contributed by atoms with Crippen LogP contribution in [0, 0.1) is 12.8 Å². The topological polar surface area (TPSA) is 58.1 Å². The van der Waals surface area contributed by atoms with Crippen molar-refractivity contribution in [3.05, 3.63) is 77.1 Å². The van der Waals surface area contributed by atoms with E-state index < -0.39 is 0 Å². The van der Waals surface area contributed by atoms with E-state index in [0.29, 0.717) is 6.54 Å². The standard InChI is InChI=1S/C25H27ClN4O/c1-18-3-2-4-21(15-18)23-16-24(29-17-28-23)30-13-10-20(11-14-30)25(31)27-12-9-19-5-7-22(26)8-6-19/h2-8,15-17,20H,9-14H2,1H3,(H,27,31). The van der Waals surface area contributed by atoms with Gasteiger partial charge in [-0.15, -0.1) is 0 Å². The van der Waals surface area contributed by atoms with Gasteiger partial charge in [0.25, 0.3) is 0 Å². The molecular formula is C25H27ClN4O. The predicted octanol–water partition coefficient (Wildman–Crippen LogP) is 4.68. The number of nitrogens with one attached hydrogen (secondary N) is 1. The number of aryl methyl sites for hydroxylation is 1. The minimum absolute atomic E-state index is 0.0551. The molecule has 0 atom stereocenters. The molecule has 2 heterocycles. The summed E-state index contributed by atoms with van der Waals surface area (Å²) in [4.78, 5) is 23.7. The second-order valence-electron chi connectivity index (χ2n) is 8.06. The van der Waals surface area contributed by atoms with Gasteiger partial charge in [-0.2, -0.15) is 0 Å². The maximum absolute atomic E-state index is 12.6. The molecule has 0 spiro atoms. The van der Waals surface area contributed by atoms with Crippen LogP contribution in [-0.2, 0) is 11.2 Å². The number of carbonyl (C=O) groups excluding carboxylic acids is 1. The van der Waals surface area contributed by atoms with Crippen molar-refractivity contribution in [3.63, 3.8) is 0 Å². The lowest BCUT2D eigenvalue weighted by Gasteiger charge is -2.32. The molecule has 1 fully saturated rings. The number of hydrogen-bond donors (Lipinski definition) is 1. The lowest BCUT2D eigenvalue weighted by atomic mass is 9.95. The summed E-state index contributed by atoms with van der Waals surface area (Å²) in [5.74, 6) is 1.13. The van der Waals surface area contributed by atoms with Crippen molar-refractivity contribution >= 4 is 23.3 Å². The van der Waals surface area contributed by atoms with Crippen LogP contribution in [0.5, 0.6) is 0 Å². The molecule has 0 bridgehead atoms. The van der Waals surface area contributed by atoms with Crippen LogP contribution in [-0.4, -0.2) is 35.5 Å². The third-order valence-electron chi connectivity index (χ3n) is 5.78. The number of nitrogens with zero attached hydrogens (tertiary/aromatic N) is 3. The molecule has 0 aliphatic carbocycles. The van der Waals surface area contributed by atoms with E-state index >= 15 is 0 Å². The second-order valence-corrected chi connectivity index (χ2v) is 8.50. The van der Waals surface area contributed by atoms with Gasteiger partial charge in [0.2, 0.25) is 5.91 Å². The van der Waals surface area contributed by atoms with Crippen LogP contribution in [0.25, 0.3) is 11.3 Å². The summed E-state index contributed by atoms with van der Waals surface area (Å²) in [7, 11) is 0. The van der Waals surface area contributed by atoms with Gasteiger partial charge in [0.05, 0.1) is 5.69 Å². The number of halogens is 1. The summed E-state index contributed by atoms with van der Waals surface area (Å²) >= 11 is 5.92. The lowest BCUT2D eigenvalue weighted by Crippen LogP contribution is -2.41. The molecule has 1 aliphatic heterocycles. The highest BCUT2D eigenvalue weighted by Crippen LogP contribution is 2.25. The van der Waals surface area contributed by atoms with Gasteiger partial charge in [-0.1, -0.05) is 47.5 Å². The van der Waals surface area contributed by atoms with Crippen LogP contribution in [0.1, 0.15) is 24.0 Å². The average Bonchev–Trinajstić information content (AvgIpc) is 2.80. The Kier molecular flexibility index (Phi) is 6.82. The molecule has 4 rings (SSSR count). The summed E-state index contributed by atoms with van der Waals surface area (Å²) in [5.41, 5.74) is 4.41. The maximum Gasteiger partial charge on any atom is 0.223 e. The summed E-state index contributed by atoms with van der Waals surface area (Å²) in [5, 5.41) is 3.82. The Hall–Kier alpha value is -2.92. The summed E-state index contributed by atoms with van der Waals surface area (Å²) < 4.78 is 0. The predicted molar refractivity (Wildman–Crippen MR) is 125 cm³/mol. The molecule has 0 radical (unpaired) electrons. The van der Waals surface area contributed by atoms with Crippen LogP contribution in [0.2, 0.25) is 5.02 Å². The lowest BCUT2D eigenvalue weighted by molar-refractivity contribution is -0.125. The van der Waals surface area contributed by atoms with Crippen molar-refractivity contribution in [3.8, 4) is 11.3 Å². The molecule has 5 nitrogen and oxygen atoms in total. The maximum atomic E-state index is 12.6. The summed E-state index contributed by atoms with van der Waals surface area (Å²) in [6, 6.07) is 18.1. The molecule has 2 aromatic carbocycles. The van der Waals surface area contributed by atoms with Gasteiger partial charge in [0.15, 0.2) is 0 Å². The number of carbonyl (C=O) groups is 1. The van der Waals surface area contributed by atoms with E-state index in [4.69, 9.17) is 11.6 Å². The van der Waals surface area contributed by atoms with Crippen molar-refractivity contribution in [2.75, 3.05) is 24.5 Å². The van der Waals surface area contributed by atoms with Crippen molar-refractivity contribution in [2.45, 2.75) is 26.2 Å². The SMILES string of the molecule is Cc1cccc(-c2cc(N3CCC(C(=O)NCCc4ccc(Cl)cc4)CC3)ncn2)c1. The number of amides is 1. The quantitative estimate of drug-likeness (QED) is 0.612. The zero-order chi connectivity index (χ0) is 21.6. The summed E-state index contributed by atoms with van der Waals surface area (Å²) in [6.45, 7) is 4.36. The molecule has 1 amide bonds. The molecule has 0 saturated carbocycles. The van der Waals surface area contributed by atoms with E-state index in [2.05, 4.69) is 45.3 Å². The minimum atomic E-state index is 0.0551. The molecule has 3 aromatic rings. The van der Waals surface area contributed by atoms with Gasteiger partial charge in [0, 0.05) is 42.2 Å². The van der Waals surface area contributed by atoms with E-state index in [-0.39, 0.29) is 11.8 Å². The molecule has 1 aliphatic rings. The molecule has 1 aromatic heterocycles. The highest BCUT2D eigenvalue weighted by atomic mass is 35.5. The van der Waals surface area contributed by atoms with Crippen LogP contribution in [0.3, 0.4) is 0 Å².